The minimum absolute atomic E-state index is 0.0455. The largest absolute Gasteiger partial charge is 0.466 e. The van der Waals surface area contributed by atoms with Crippen molar-refractivity contribution in [1.82, 2.24) is 0 Å². The molecule has 0 rings (SSSR count). The zero-order chi connectivity index (χ0) is 16.6. The average molecular weight is 312 g/mol. The summed E-state index contributed by atoms with van der Waals surface area (Å²) in [5.41, 5.74) is 1.30. The summed E-state index contributed by atoms with van der Waals surface area (Å²) in [5.74, 6) is 0.670. The Morgan fingerprint density at radius 1 is 0.955 bits per heavy atom. The van der Waals surface area contributed by atoms with Gasteiger partial charge in [-0.3, -0.25) is 9.79 Å². The second-order valence-corrected chi connectivity index (χ2v) is 6.60. The van der Waals surface area contributed by atoms with Gasteiger partial charge in [-0.2, -0.15) is 0 Å². The van der Waals surface area contributed by atoms with E-state index in [1.54, 1.807) is 0 Å². The van der Waals surface area contributed by atoms with E-state index in [9.17, 15) is 4.79 Å². The topological polar surface area (TPSA) is 38.7 Å². The summed E-state index contributed by atoms with van der Waals surface area (Å²) in [5, 5.41) is 0. The molecule has 0 atom stereocenters. The quantitative estimate of drug-likeness (QED) is 0.239. The van der Waals surface area contributed by atoms with Crippen LogP contribution in [-0.2, 0) is 9.53 Å². The third-order valence-electron chi connectivity index (χ3n) is 3.68. The van der Waals surface area contributed by atoms with Crippen LogP contribution in [-0.4, -0.2) is 24.8 Å². The average Bonchev–Trinajstić information content (AvgIpc) is 2.44. The normalized spacial score (nSPS) is 12.0. The number of nitrogens with zero attached hydrogens (tertiary/aromatic N) is 1. The fourth-order valence-electron chi connectivity index (χ4n) is 2.60. The standard InChI is InChI=1S/C19H37NO2/c1-5-22-19(21)14-12-10-8-6-7-9-11-13-15-20-18(4)16-17(2)3/h17H,5-16H2,1-4H3. The Morgan fingerprint density at radius 3 is 2.05 bits per heavy atom. The summed E-state index contributed by atoms with van der Waals surface area (Å²) in [7, 11) is 0. The molecule has 0 amide bonds. The molecule has 0 bridgehead atoms. The highest BCUT2D eigenvalue weighted by Gasteiger charge is 2.00. The third kappa shape index (κ3) is 15.5. The molecule has 0 aliphatic carbocycles. The van der Waals surface area contributed by atoms with E-state index in [1.165, 1.54) is 44.2 Å². The molecule has 0 unspecified atom stereocenters. The van der Waals surface area contributed by atoms with E-state index in [4.69, 9.17) is 4.74 Å². The lowest BCUT2D eigenvalue weighted by Crippen LogP contribution is -2.03. The van der Waals surface area contributed by atoms with Crippen LogP contribution in [0.25, 0.3) is 0 Å². The molecule has 3 nitrogen and oxygen atoms in total. The molecule has 0 aromatic heterocycles. The third-order valence-corrected chi connectivity index (χ3v) is 3.68. The van der Waals surface area contributed by atoms with Gasteiger partial charge in [-0.15, -0.1) is 0 Å². The van der Waals surface area contributed by atoms with Crippen LogP contribution in [0.5, 0.6) is 0 Å². The molecule has 0 aromatic rings. The van der Waals surface area contributed by atoms with Crippen molar-refractivity contribution in [2.75, 3.05) is 13.2 Å². The molecule has 22 heavy (non-hydrogen) atoms. The Morgan fingerprint density at radius 2 is 1.50 bits per heavy atom. The molecule has 0 N–H and O–H groups in total. The first-order valence-electron chi connectivity index (χ1n) is 9.21. The van der Waals surface area contributed by atoms with Crippen LogP contribution in [0.1, 0.15) is 91.9 Å². The number of aliphatic imine (C=N–C) groups is 1. The maximum Gasteiger partial charge on any atom is 0.305 e. The molecule has 0 fully saturated rings. The zero-order valence-electron chi connectivity index (χ0n) is 15.3. The molecule has 3 heteroatoms. The Labute approximate surface area is 137 Å². The molecule has 0 aromatic carbocycles. The fourth-order valence-corrected chi connectivity index (χ4v) is 2.60. The van der Waals surface area contributed by atoms with Crippen molar-refractivity contribution in [1.29, 1.82) is 0 Å². The van der Waals surface area contributed by atoms with Crippen LogP contribution in [0.2, 0.25) is 0 Å². The molecule has 0 spiro atoms. The molecule has 130 valence electrons. The lowest BCUT2D eigenvalue weighted by Gasteiger charge is -2.04. The second kappa shape index (κ2) is 15.1. The van der Waals surface area contributed by atoms with Gasteiger partial charge in [-0.1, -0.05) is 52.4 Å². The van der Waals surface area contributed by atoms with Gasteiger partial charge in [-0.05, 0) is 39.0 Å². The molecule has 0 aliphatic heterocycles. The van der Waals surface area contributed by atoms with Crippen LogP contribution < -0.4 is 0 Å². The van der Waals surface area contributed by atoms with Crippen molar-refractivity contribution in [3.63, 3.8) is 0 Å². The van der Waals surface area contributed by atoms with E-state index >= 15 is 0 Å². The van der Waals surface area contributed by atoms with Gasteiger partial charge >= 0.3 is 5.97 Å². The van der Waals surface area contributed by atoms with Gasteiger partial charge in [0.15, 0.2) is 0 Å². The van der Waals surface area contributed by atoms with E-state index in [-0.39, 0.29) is 5.97 Å². The van der Waals surface area contributed by atoms with Gasteiger partial charge in [-0.25, -0.2) is 0 Å². The van der Waals surface area contributed by atoms with Gasteiger partial charge in [0.1, 0.15) is 0 Å². The number of carbonyl (C=O) groups is 1. The monoisotopic (exact) mass is 311 g/mol. The Bertz CT molecular complexity index is 298. The van der Waals surface area contributed by atoms with Crippen molar-refractivity contribution in [3.05, 3.63) is 0 Å². The van der Waals surface area contributed by atoms with Crippen molar-refractivity contribution in [2.24, 2.45) is 10.9 Å². The lowest BCUT2D eigenvalue weighted by atomic mass is 10.1. The van der Waals surface area contributed by atoms with Crippen LogP contribution in [0, 0.1) is 5.92 Å². The smallest absolute Gasteiger partial charge is 0.305 e. The molecular formula is C19H37NO2. The molecule has 0 radical (unpaired) electrons. The Balaban J connectivity index is 3.25. The molecule has 0 saturated carbocycles. The van der Waals surface area contributed by atoms with E-state index in [1.807, 2.05) is 6.92 Å². The van der Waals surface area contributed by atoms with Gasteiger partial charge in [0.2, 0.25) is 0 Å². The number of hydrogen-bond donors (Lipinski definition) is 0. The maximum absolute atomic E-state index is 11.2. The van der Waals surface area contributed by atoms with E-state index in [0.717, 1.165) is 25.8 Å². The predicted octanol–water partition coefficient (Wildman–Crippen LogP) is 5.57. The highest BCUT2D eigenvalue weighted by atomic mass is 16.5. The maximum atomic E-state index is 11.2. The van der Waals surface area contributed by atoms with Crippen molar-refractivity contribution < 1.29 is 9.53 Å². The van der Waals surface area contributed by atoms with Gasteiger partial charge in [0.05, 0.1) is 6.61 Å². The molecule has 0 aliphatic rings. The van der Waals surface area contributed by atoms with Gasteiger partial charge in [0.25, 0.3) is 0 Å². The number of hydrogen-bond acceptors (Lipinski definition) is 3. The second-order valence-electron chi connectivity index (χ2n) is 6.60. The number of esters is 1. The molecule has 0 heterocycles. The number of ether oxygens (including phenoxy) is 1. The minimum atomic E-state index is -0.0455. The van der Waals surface area contributed by atoms with Crippen molar-refractivity contribution >= 4 is 11.7 Å². The highest BCUT2D eigenvalue weighted by molar-refractivity contribution is 5.82. The van der Waals surface area contributed by atoms with E-state index in [0.29, 0.717) is 18.9 Å². The molecular weight excluding hydrogens is 274 g/mol. The first-order chi connectivity index (χ1) is 10.6. The summed E-state index contributed by atoms with van der Waals surface area (Å²) in [6, 6.07) is 0. The predicted molar refractivity (Wildman–Crippen MR) is 95.6 cm³/mol. The van der Waals surface area contributed by atoms with Crippen molar-refractivity contribution in [2.45, 2.75) is 91.9 Å². The summed E-state index contributed by atoms with van der Waals surface area (Å²) < 4.78 is 4.91. The number of carbonyl (C=O) groups excluding carboxylic acids is 1. The summed E-state index contributed by atoms with van der Waals surface area (Å²) in [6.45, 7) is 9.99. The van der Waals surface area contributed by atoms with Gasteiger partial charge < -0.3 is 4.74 Å². The highest BCUT2D eigenvalue weighted by Crippen LogP contribution is 2.10. The van der Waals surface area contributed by atoms with Crippen molar-refractivity contribution in [3.8, 4) is 0 Å². The lowest BCUT2D eigenvalue weighted by molar-refractivity contribution is -0.143. The zero-order valence-corrected chi connectivity index (χ0v) is 15.3. The van der Waals surface area contributed by atoms with Crippen LogP contribution >= 0.6 is 0 Å². The van der Waals surface area contributed by atoms with E-state index in [2.05, 4.69) is 25.8 Å². The molecule has 0 saturated heterocycles. The summed E-state index contributed by atoms with van der Waals surface area (Å²) in [6.07, 6.45) is 11.5. The van der Waals surface area contributed by atoms with E-state index < -0.39 is 0 Å². The van der Waals surface area contributed by atoms with Crippen LogP contribution in [0.4, 0.5) is 0 Å². The first-order valence-corrected chi connectivity index (χ1v) is 9.21. The summed E-state index contributed by atoms with van der Waals surface area (Å²) >= 11 is 0. The van der Waals surface area contributed by atoms with Crippen LogP contribution in [0.3, 0.4) is 0 Å². The number of rotatable bonds is 14. The summed E-state index contributed by atoms with van der Waals surface area (Å²) in [4.78, 5) is 15.8. The van der Waals surface area contributed by atoms with Crippen LogP contribution in [0.15, 0.2) is 4.99 Å². The minimum Gasteiger partial charge on any atom is -0.466 e. The first kappa shape index (κ1) is 21.1. The SMILES string of the molecule is CCOC(=O)CCCCCCCCCCN=C(C)CC(C)C. The van der Waals surface area contributed by atoms with Gasteiger partial charge in [0, 0.05) is 18.7 Å². The number of unbranched alkanes of at least 4 members (excludes halogenated alkanes) is 7. The Kier molecular flexibility index (Phi) is 14.5. The fraction of sp³-hybridized carbons (Fsp3) is 0.895. The Hall–Kier alpha value is -0.860.